The van der Waals surface area contributed by atoms with Crippen LogP contribution in [-0.4, -0.2) is 23.3 Å². The molecule has 0 atom stereocenters. The SMILES string of the molecule is COc1ccccc1CNc1ccc(NC(=O)Nc2ccccc2)nn1. The van der Waals surface area contributed by atoms with E-state index in [0.29, 0.717) is 23.9 Å². The van der Waals surface area contributed by atoms with Gasteiger partial charge in [-0.1, -0.05) is 36.4 Å². The van der Waals surface area contributed by atoms with E-state index in [-0.39, 0.29) is 6.03 Å². The summed E-state index contributed by atoms with van der Waals surface area (Å²) in [4.78, 5) is 11.9. The van der Waals surface area contributed by atoms with E-state index in [2.05, 4.69) is 26.1 Å². The maximum Gasteiger partial charge on any atom is 0.324 e. The molecule has 3 aromatic rings. The van der Waals surface area contributed by atoms with Gasteiger partial charge in [0.25, 0.3) is 0 Å². The molecule has 3 N–H and O–H groups in total. The fourth-order valence-corrected chi connectivity index (χ4v) is 2.33. The molecule has 2 aromatic carbocycles. The van der Waals surface area contributed by atoms with Crippen molar-refractivity contribution in [2.24, 2.45) is 0 Å². The number of urea groups is 1. The first-order valence-corrected chi connectivity index (χ1v) is 8.07. The van der Waals surface area contributed by atoms with Gasteiger partial charge in [-0.05, 0) is 30.3 Å². The second-order valence-electron chi connectivity index (χ2n) is 5.41. The molecule has 0 aliphatic rings. The summed E-state index contributed by atoms with van der Waals surface area (Å²) in [7, 11) is 1.64. The highest BCUT2D eigenvalue weighted by Crippen LogP contribution is 2.18. The number of aromatic nitrogens is 2. The number of methoxy groups -OCH3 is 1. The van der Waals surface area contributed by atoms with E-state index in [1.807, 2.05) is 42.5 Å². The van der Waals surface area contributed by atoms with Crippen LogP contribution in [0.25, 0.3) is 0 Å². The van der Waals surface area contributed by atoms with Crippen LogP contribution in [0.15, 0.2) is 66.7 Å². The predicted molar refractivity (Wildman–Crippen MR) is 101 cm³/mol. The van der Waals surface area contributed by atoms with Gasteiger partial charge in [0, 0.05) is 17.8 Å². The van der Waals surface area contributed by atoms with E-state index < -0.39 is 0 Å². The summed E-state index contributed by atoms with van der Waals surface area (Å²) < 4.78 is 5.31. The standard InChI is InChI=1S/C19H19N5O2/c1-26-16-10-6-5-7-14(16)13-20-17-11-12-18(24-23-17)22-19(25)21-15-8-3-2-4-9-15/h2-12H,13H2,1H3,(H,20,23)(H2,21,22,24,25). The Balaban J connectivity index is 1.54. The number of para-hydroxylation sites is 2. The molecular weight excluding hydrogens is 330 g/mol. The van der Waals surface area contributed by atoms with Crippen molar-refractivity contribution in [3.63, 3.8) is 0 Å². The molecular formula is C19H19N5O2. The topological polar surface area (TPSA) is 88.2 Å². The third-order valence-electron chi connectivity index (χ3n) is 3.59. The normalized spacial score (nSPS) is 10.0. The van der Waals surface area contributed by atoms with Crippen molar-refractivity contribution >= 4 is 23.4 Å². The molecule has 0 bridgehead atoms. The number of carbonyl (C=O) groups excluding carboxylic acids is 1. The first-order chi connectivity index (χ1) is 12.7. The predicted octanol–water partition coefficient (Wildman–Crippen LogP) is 3.74. The monoisotopic (exact) mass is 349 g/mol. The van der Waals surface area contributed by atoms with E-state index in [0.717, 1.165) is 11.3 Å². The summed E-state index contributed by atoms with van der Waals surface area (Å²) in [6.07, 6.45) is 0. The molecule has 7 nitrogen and oxygen atoms in total. The molecule has 132 valence electrons. The Morgan fingerprint density at radius 1 is 0.885 bits per heavy atom. The molecule has 3 rings (SSSR count). The van der Waals surface area contributed by atoms with E-state index in [1.165, 1.54) is 0 Å². The van der Waals surface area contributed by atoms with Gasteiger partial charge in [0.2, 0.25) is 0 Å². The fraction of sp³-hybridized carbons (Fsp3) is 0.105. The quantitative estimate of drug-likeness (QED) is 0.631. The zero-order valence-electron chi connectivity index (χ0n) is 14.3. The Morgan fingerprint density at radius 2 is 1.58 bits per heavy atom. The van der Waals surface area contributed by atoms with Gasteiger partial charge in [0.15, 0.2) is 5.82 Å². The summed E-state index contributed by atoms with van der Waals surface area (Å²) in [5.41, 5.74) is 1.72. The molecule has 1 heterocycles. The van der Waals surface area contributed by atoms with Gasteiger partial charge in [0.1, 0.15) is 11.6 Å². The van der Waals surface area contributed by atoms with Gasteiger partial charge in [-0.2, -0.15) is 0 Å². The smallest absolute Gasteiger partial charge is 0.324 e. The van der Waals surface area contributed by atoms with E-state index in [4.69, 9.17) is 4.74 Å². The van der Waals surface area contributed by atoms with Crippen LogP contribution >= 0.6 is 0 Å². The van der Waals surface area contributed by atoms with Gasteiger partial charge in [0.05, 0.1) is 7.11 Å². The van der Waals surface area contributed by atoms with E-state index in [1.54, 1.807) is 31.4 Å². The average Bonchev–Trinajstić information content (AvgIpc) is 2.68. The largest absolute Gasteiger partial charge is 0.496 e. The van der Waals surface area contributed by atoms with Crippen LogP contribution in [0.2, 0.25) is 0 Å². The van der Waals surface area contributed by atoms with Crippen molar-refractivity contribution < 1.29 is 9.53 Å². The fourth-order valence-electron chi connectivity index (χ4n) is 2.33. The highest BCUT2D eigenvalue weighted by Gasteiger charge is 2.05. The first-order valence-electron chi connectivity index (χ1n) is 8.07. The summed E-state index contributed by atoms with van der Waals surface area (Å²) in [5.74, 6) is 1.77. The minimum atomic E-state index is -0.375. The number of hydrogen-bond acceptors (Lipinski definition) is 5. The highest BCUT2D eigenvalue weighted by atomic mass is 16.5. The van der Waals surface area contributed by atoms with Crippen molar-refractivity contribution in [2.45, 2.75) is 6.54 Å². The molecule has 0 saturated carbocycles. The maximum atomic E-state index is 11.9. The number of nitrogens with zero attached hydrogens (tertiary/aromatic N) is 2. The number of rotatable bonds is 6. The Morgan fingerprint density at radius 3 is 2.31 bits per heavy atom. The Bertz CT molecular complexity index is 853. The molecule has 0 aliphatic heterocycles. The van der Waals surface area contributed by atoms with Crippen LogP contribution in [0, 0.1) is 0 Å². The van der Waals surface area contributed by atoms with Gasteiger partial charge in [-0.3, -0.25) is 5.32 Å². The lowest BCUT2D eigenvalue weighted by molar-refractivity contribution is 0.262. The molecule has 0 fully saturated rings. The van der Waals surface area contributed by atoms with Crippen molar-refractivity contribution in [2.75, 3.05) is 23.1 Å². The average molecular weight is 349 g/mol. The minimum Gasteiger partial charge on any atom is -0.496 e. The molecule has 0 aliphatic carbocycles. The number of nitrogens with one attached hydrogen (secondary N) is 3. The van der Waals surface area contributed by atoms with Crippen molar-refractivity contribution in [3.05, 3.63) is 72.3 Å². The Labute approximate surface area is 151 Å². The van der Waals surface area contributed by atoms with Crippen molar-refractivity contribution in [1.82, 2.24) is 10.2 Å². The van der Waals surface area contributed by atoms with Crippen LogP contribution in [0.4, 0.5) is 22.1 Å². The summed E-state index contributed by atoms with van der Waals surface area (Å²) in [6, 6.07) is 20.0. The Hall–Kier alpha value is -3.61. The zero-order chi connectivity index (χ0) is 18.2. The summed E-state index contributed by atoms with van der Waals surface area (Å²) in [5, 5.41) is 16.6. The van der Waals surface area contributed by atoms with Gasteiger partial charge >= 0.3 is 6.03 Å². The third-order valence-corrected chi connectivity index (χ3v) is 3.59. The van der Waals surface area contributed by atoms with Crippen LogP contribution in [0.1, 0.15) is 5.56 Å². The van der Waals surface area contributed by atoms with Crippen LogP contribution < -0.4 is 20.7 Å². The number of carbonyl (C=O) groups is 1. The number of benzene rings is 2. The lowest BCUT2D eigenvalue weighted by Crippen LogP contribution is -2.20. The molecule has 0 radical (unpaired) electrons. The van der Waals surface area contributed by atoms with Crippen LogP contribution in [0.3, 0.4) is 0 Å². The highest BCUT2D eigenvalue weighted by molar-refractivity contribution is 5.99. The summed E-state index contributed by atoms with van der Waals surface area (Å²) in [6.45, 7) is 0.556. The Kier molecular flexibility index (Phi) is 5.61. The lowest BCUT2D eigenvalue weighted by Gasteiger charge is -2.10. The van der Waals surface area contributed by atoms with Crippen LogP contribution in [-0.2, 0) is 6.54 Å². The molecule has 0 saturated heterocycles. The number of ether oxygens (including phenoxy) is 1. The second kappa shape index (κ2) is 8.48. The zero-order valence-corrected chi connectivity index (χ0v) is 14.3. The first kappa shape index (κ1) is 17.2. The second-order valence-corrected chi connectivity index (χ2v) is 5.41. The molecule has 0 spiro atoms. The lowest BCUT2D eigenvalue weighted by atomic mass is 10.2. The van der Waals surface area contributed by atoms with Crippen molar-refractivity contribution in [1.29, 1.82) is 0 Å². The van der Waals surface area contributed by atoms with Crippen LogP contribution in [0.5, 0.6) is 5.75 Å². The molecule has 2 amide bonds. The van der Waals surface area contributed by atoms with Gasteiger partial charge in [-0.25, -0.2) is 4.79 Å². The molecule has 26 heavy (non-hydrogen) atoms. The number of amides is 2. The number of hydrogen-bond donors (Lipinski definition) is 3. The van der Waals surface area contributed by atoms with E-state index >= 15 is 0 Å². The molecule has 7 heteroatoms. The summed E-state index contributed by atoms with van der Waals surface area (Å²) >= 11 is 0. The molecule has 1 aromatic heterocycles. The number of anilines is 3. The molecule has 0 unspecified atom stereocenters. The van der Waals surface area contributed by atoms with Crippen molar-refractivity contribution in [3.8, 4) is 5.75 Å². The maximum absolute atomic E-state index is 11.9. The van der Waals surface area contributed by atoms with Gasteiger partial charge in [-0.15, -0.1) is 10.2 Å². The third kappa shape index (κ3) is 4.70. The van der Waals surface area contributed by atoms with Gasteiger partial charge < -0.3 is 15.4 Å². The van der Waals surface area contributed by atoms with E-state index in [9.17, 15) is 4.79 Å². The minimum absolute atomic E-state index is 0.362.